The van der Waals surface area contributed by atoms with Crippen LogP contribution in [0, 0.1) is 0 Å². The van der Waals surface area contributed by atoms with Gasteiger partial charge in [-0.05, 0) is 110 Å². The van der Waals surface area contributed by atoms with E-state index in [9.17, 15) is 18.0 Å². The Morgan fingerprint density at radius 3 is 2.25 bits per heavy atom. The zero-order chi connectivity index (χ0) is 38.9. The summed E-state index contributed by atoms with van der Waals surface area (Å²) in [7, 11) is 0. The minimum absolute atomic E-state index is 0.0352. The van der Waals surface area contributed by atoms with Gasteiger partial charge >= 0.3 is 11.2 Å². The number of hydrogen-bond donors (Lipinski definition) is 5. The van der Waals surface area contributed by atoms with E-state index in [4.69, 9.17) is 17.2 Å². The Labute approximate surface area is 310 Å². The second-order valence-corrected chi connectivity index (χ2v) is 16.4. The molecule has 13 heteroatoms. The Kier molecular flexibility index (Phi) is 15.0. The second kappa shape index (κ2) is 18.3. The molecule has 2 aromatic heterocycles. The maximum Gasteiger partial charge on any atom is 0.446 e. The van der Waals surface area contributed by atoms with Crippen LogP contribution in [0.4, 0.5) is 13.2 Å². The average molecular weight is 743 g/mol. The molecule has 0 aliphatic heterocycles. The number of benzene rings is 2. The molecular formula is C39H57F3N8OS. The molecule has 4 rings (SSSR count). The fraction of sp³-hybridized carbons (Fsp3) is 0.513. The van der Waals surface area contributed by atoms with Gasteiger partial charge in [-0.2, -0.15) is 18.2 Å². The number of aryl methyl sites for hydroxylation is 1. The topological polar surface area (TPSA) is 153 Å². The molecule has 52 heavy (non-hydrogen) atoms. The van der Waals surface area contributed by atoms with Crippen molar-refractivity contribution >= 4 is 28.8 Å². The number of fused-ring (bicyclic) bond motifs is 1. The van der Waals surface area contributed by atoms with Crippen LogP contribution in [0.5, 0.6) is 0 Å². The van der Waals surface area contributed by atoms with Crippen LogP contribution in [0.1, 0.15) is 109 Å². The molecular weight excluding hydrogens is 686 g/mol. The molecule has 0 fully saturated rings. The largest absolute Gasteiger partial charge is 0.446 e. The van der Waals surface area contributed by atoms with Crippen molar-refractivity contribution < 1.29 is 13.2 Å². The van der Waals surface area contributed by atoms with E-state index in [2.05, 4.69) is 54.0 Å². The highest BCUT2D eigenvalue weighted by Crippen LogP contribution is 2.39. The van der Waals surface area contributed by atoms with Crippen molar-refractivity contribution in [2.75, 3.05) is 13.1 Å². The van der Waals surface area contributed by atoms with Crippen LogP contribution in [-0.4, -0.2) is 45.1 Å². The summed E-state index contributed by atoms with van der Waals surface area (Å²) in [5.41, 5.74) is 17.3. The lowest BCUT2D eigenvalue weighted by molar-refractivity contribution is -0.0328. The van der Waals surface area contributed by atoms with Gasteiger partial charge in [0.05, 0.1) is 5.69 Å². The lowest BCUT2D eigenvalue weighted by Gasteiger charge is -2.21. The van der Waals surface area contributed by atoms with Crippen LogP contribution in [0.25, 0.3) is 16.7 Å². The van der Waals surface area contributed by atoms with Gasteiger partial charge in [0.1, 0.15) is 5.65 Å². The molecule has 0 saturated carbocycles. The van der Waals surface area contributed by atoms with E-state index >= 15 is 0 Å². The predicted molar refractivity (Wildman–Crippen MR) is 210 cm³/mol. The lowest BCUT2D eigenvalue weighted by atomic mass is 9.85. The highest BCUT2D eigenvalue weighted by atomic mass is 32.2. The highest BCUT2D eigenvalue weighted by Gasteiger charge is 2.30. The molecule has 0 aliphatic rings. The molecule has 9 nitrogen and oxygen atoms in total. The number of alkyl halides is 3. The fourth-order valence-electron chi connectivity index (χ4n) is 5.43. The van der Waals surface area contributed by atoms with E-state index in [-0.39, 0.29) is 51.2 Å². The van der Waals surface area contributed by atoms with Crippen molar-refractivity contribution in [3.05, 3.63) is 87.6 Å². The number of aromatic nitrogens is 3. The normalized spacial score (nSPS) is 13.4. The van der Waals surface area contributed by atoms with E-state index in [1.165, 1.54) is 0 Å². The number of aromatic amines is 1. The molecule has 2 atom stereocenters. The van der Waals surface area contributed by atoms with Gasteiger partial charge in [0.25, 0.3) is 0 Å². The number of guanidine groups is 1. The van der Waals surface area contributed by atoms with Gasteiger partial charge in [-0.3, -0.25) is 9.56 Å². The smallest absolute Gasteiger partial charge is 0.370 e. The predicted octanol–water partition coefficient (Wildman–Crippen LogP) is 7.98. The van der Waals surface area contributed by atoms with Crippen molar-refractivity contribution in [3.8, 4) is 5.69 Å². The van der Waals surface area contributed by atoms with Crippen LogP contribution in [0.3, 0.4) is 0 Å². The van der Waals surface area contributed by atoms with E-state index in [1.54, 1.807) is 16.7 Å². The summed E-state index contributed by atoms with van der Waals surface area (Å²) in [6.45, 7) is 18.0. The van der Waals surface area contributed by atoms with Crippen LogP contribution in [0.2, 0.25) is 0 Å². The molecule has 0 saturated heterocycles. The minimum atomic E-state index is -4.25. The molecule has 0 aliphatic carbocycles. The number of halogens is 3. The summed E-state index contributed by atoms with van der Waals surface area (Å²) in [4.78, 5) is 24.3. The third-order valence-corrected chi connectivity index (χ3v) is 9.40. The van der Waals surface area contributed by atoms with Crippen molar-refractivity contribution in [1.29, 1.82) is 0 Å². The Morgan fingerprint density at radius 2 is 1.67 bits per heavy atom. The Morgan fingerprint density at radius 1 is 1.00 bits per heavy atom. The first-order valence-electron chi connectivity index (χ1n) is 17.8. The van der Waals surface area contributed by atoms with Crippen LogP contribution in [-0.2, 0) is 17.3 Å². The average Bonchev–Trinajstić information content (AvgIpc) is 3.47. The highest BCUT2D eigenvalue weighted by molar-refractivity contribution is 8.00. The number of thioether (sulfide) groups is 1. The van der Waals surface area contributed by atoms with Crippen molar-refractivity contribution in [2.24, 2.45) is 22.2 Å². The lowest BCUT2D eigenvalue weighted by Crippen LogP contribution is -2.24. The van der Waals surface area contributed by atoms with Gasteiger partial charge in [-0.25, -0.2) is 4.79 Å². The van der Waals surface area contributed by atoms with Crippen LogP contribution < -0.4 is 28.2 Å². The molecule has 4 aromatic rings. The number of nitrogens with zero attached hydrogens (tertiary/aromatic N) is 3. The second-order valence-electron chi connectivity index (χ2n) is 15.3. The third-order valence-electron chi connectivity index (χ3n) is 8.70. The summed E-state index contributed by atoms with van der Waals surface area (Å²) < 4.78 is 39.5. The third kappa shape index (κ3) is 13.6. The quantitative estimate of drug-likeness (QED) is 0.0403. The van der Waals surface area contributed by atoms with Gasteiger partial charge in [0.15, 0.2) is 5.96 Å². The van der Waals surface area contributed by atoms with Gasteiger partial charge in [0, 0.05) is 46.2 Å². The van der Waals surface area contributed by atoms with E-state index in [0.717, 1.165) is 72.1 Å². The number of hydrogen-bond acceptors (Lipinski definition) is 6. The van der Waals surface area contributed by atoms with Crippen molar-refractivity contribution in [3.63, 3.8) is 0 Å². The first kappa shape index (κ1) is 42.6. The number of H-pyrrole nitrogens is 1. The molecule has 2 aromatic carbocycles. The minimum Gasteiger partial charge on any atom is -0.370 e. The number of nitrogens with two attached hydrogens (primary N) is 3. The summed E-state index contributed by atoms with van der Waals surface area (Å²) in [5, 5.41) is 4.36. The molecule has 286 valence electrons. The van der Waals surface area contributed by atoms with Crippen LogP contribution in [0.15, 0.2) is 69.4 Å². The molecule has 0 unspecified atom stereocenters. The Hall–Kier alpha value is -3.81. The number of rotatable bonds is 13. The maximum absolute atomic E-state index is 12.7. The fourth-order valence-corrected chi connectivity index (χ4v) is 6.10. The van der Waals surface area contributed by atoms with Gasteiger partial charge in [-0.15, -0.1) is 0 Å². The zero-order valence-corrected chi connectivity index (χ0v) is 32.6. The van der Waals surface area contributed by atoms with Gasteiger partial charge < -0.3 is 27.5 Å². The monoisotopic (exact) mass is 742 g/mol. The van der Waals surface area contributed by atoms with E-state index < -0.39 is 5.51 Å². The Bertz CT molecular complexity index is 1820. The SMILES string of the molecule is CC[C@H](N)CCCc1cc(SC(F)(F)F)cc(C(C)(C)C)c1.C[C@H](NCCCN=C(N)N)c1ccc(-n2cc3cc(C(C)(C)C)[nH]c3nc2=O)cc1. The molecule has 8 N–H and O–H groups in total. The molecule has 0 radical (unpaired) electrons. The van der Waals surface area contributed by atoms with Gasteiger partial charge in [0.2, 0.25) is 0 Å². The van der Waals surface area contributed by atoms with Crippen molar-refractivity contribution in [2.45, 2.75) is 121 Å². The molecule has 0 amide bonds. The van der Waals surface area contributed by atoms with E-state index in [1.807, 2.05) is 64.2 Å². The van der Waals surface area contributed by atoms with E-state index in [0.29, 0.717) is 12.2 Å². The summed E-state index contributed by atoms with van der Waals surface area (Å²) in [5.74, 6) is 0.121. The number of aliphatic imine (C=N–C) groups is 1. The van der Waals surface area contributed by atoms with Crippen LogP contribution >= 0.6 is 11.8 Å². The summed E-state index contributed by atoms with van der Waals surface area (Å²) in [6.07, 6.45) is 6.20. The first-order chi connectivity index (χ1) is 24.2. The Balaban J connectivity index is 0.000000295. The number of nitrogens with one attached hydrogen (secondary N) is 2. The van der Waals surface area contributed by atoms with Crippen molar-refractivity contribution in [1.82, 2.24) is 19.9 Å². The first-order valence-corrected chi connectivity index (χ1v) is 18.7. The maximum atomic E-state index is 12.7. The van der Waals surface area contributed by atoms with Gasteiger partial charge in [-0.1, -0.05) is 66.7 Å². The standard InChI is InChI=1S/C22H31N7O.C17H26F3NS/c1-14(25-10-5-11-26-20(23)24)15-6-8-17(9-7-15)29-13-16-12-18(22(2,3)4)27-19(16)28-21(29)30;1-5-14(21)8-6-7-12-9-13(16(2,3)4)11-15(10-12)22-17(18,19)20/h6-9,12-14,25H,5,10-11H2,1-4H3,(H4,23,24,26)(H,27,28,30);9-11,14H,5-8,21H2,1-4H3/t2*14-/m00/s1. The summed E-state index contributed by atoms with van der Waals surface area (Å²) in [6, 6.07) is 15.7. The molecule has 0 spiro atoms. The summed E-state index contributed by atoms with van der Waals surface area (Å²) >= 11 is -0.0352. The molecule has 2 heterocycles. The molecule has 0 bridgehead atoms. The zero-order valence-electron chi connectivity index (χ0n) is 31.8.